The molecule has 5 nitrogen and oxygen atoms in total. The highest BCUT2D eigenvalue weighted by atomic mass is 16.5. The number of ether oxygens (including phenoxy) is 1. The van der Waals surface area contributed by atoms with Crippen molar-refractivity contribution in [2.24, 2.45) is 0 Å². The van der Waals surface area contributed by atoms with E-state index in [-0.39, 0.29) is 5.91 Å². The van der Waals surface area contributed by atoms with Gasteiger partial charge in [-0.05, 0) is 31.4 Å². The number of aromatic amines is 1. The molecule has 1 N–H and O–H groups in total. The summed E-state index contributed by atoms with van der Waals surface area (Å²) in [4.78, 5) is 20.6. The highest BCUT2D eigenvalue weighted by Gasteiger charge is 2.29. The average Bonchev–Trinajstić information content (AvgIpc) is 3.05. The minimum Gasteiger partial charge on any atom is -0.376 e. The van der Waals surface area contributed by atoms with Crippen molar-refractivity contribution in [3.05, 3.63) is 36.0 Å². The first kappa shape index (κ1) is 16.6. The van der Waals surface area contributed by atoms with Crippen molar-refractivity contribution in [1.29, 1.82) is 0 Å². The number of carbonyl (C=O) groups is 1. The molecule has 1 aromatic heterocycles. The molecule has 0 unspecified atom stereocenters. The number of rotatable bonds is 3. The number of fused-ring (bicyclic) bond motifs is 1. The summed E-state index contributed by atoms with van der Waals surface area (Å²) in [5.74, 6) is 0.249. The summed E-state index contributed by atoms with van der Waals surface area (Å²) in [7, 11) is 0. The summed E-state index contributed by atoms with van der Waals surface area (Å²) in [6.07, 6.45) is 4.95. The van der Waals surface area contributed by atoms with Gasteiger partial charge in [0.15, 0.2) is 0 Å². The first-order valence-electron chi connectivity index (χ1n) is 9.39. The number of morpholine rings is 1. The van der Waals surface area contributed by atoms with Crippen LogP contribution in [-0.4, -0.2) is 65.6 Å². The molecule has 1 atom stereocenters. The van der Waals surface area contributed by atoms with E-state index in [2.05, 4.69) is 28.9 Å². The Hall–Kier alpha value is -1.85. The molecule has 2 saturated heterocycles. The van der Waals surface area contributed by atoms with Crippen molar-refractivity contribution >= 4 is 16.8 Å². The van der Waals surface area contributed by atoms with Crippen molar-refractivity contribution in [2.75, 3.05) is 32.8 Å². The lowest BCUT2D eigenvalue weighted by Crippen LogP contribution is -2.51. The number of amides is 1. The number of nitrogens with zero attached hydrogens (tertiary/aromatic N) is 2. The topological polar surface area (TPSA) is 48.6 Å². The van der Waals surface area contributed by atoms with E-state index < -0.39 is 0 Å². The molecule has 0 spiro atoms. The summed E-state index contributed by atoms with van der Waals surface area (Å²) >= 11 is 0. The van der Waals surface area contributed by atoms with Crippen LogP contribution in [0.2, 0.25) is 0 Å². The zero-order valence-corrected chi connectivity index (χ0v) is 14.9. The van der Waals surface area contributed by atoms with Crippen LogP contribution in [-0.2, 0) is 16.0 Å². The van der Waals surface area contributed by atoms with Gasteiger partial charge in [-0.25, -0.2) is 0 Å². The monoisotopic (exact) mass is 341 g/mol. The van der Waals surface area contributed by atoms with E-state index in [0.29, 0.717) is 18.6 Å². The van der Waals surface area contributed by atoms with Crippen LogP contribution in [0.5, 0.6) is 0 Å². The Kier molecular flexibility index (Phi) is 4.77. The molecule has 3 heterocycles. The van der Waals surface area contributed by atoms with E-state index in [1.807, 2.05) is 23.2 Å². The molecule has 2 fully saturated rings. The zero-order chi connectivity index (χ0) is 17.2. The number of carbonyl (C=O) groups excluding carboxylic acids is 1. The molecule has 0 bridgehead atoms. The lowest BCUT2D eigenvalue weighted by molar-refractivity contribution is -0.132. The van der Waals surface area contributed by atoms with Crippen molar-refractivity contribution in [2.45, 2.75) is 38.3 Å². The lowest BCUT2D eigenvalue weighted by Gasteiger charge is -2.41. The highest BCUT2D eigenvalue weighted by Crippen LogP contribution is 2.22. The van der Waals surface area contributed by atoms with Crippen LogP contribution in [0.1, 0.15) is 25.3 Å². The normalized spacial score (nSPS) is 23.2. The van der Waals surface area contributed by atoms with E-state index in [4.69, 9.17) is 4.74 Å². The Bertz CT molecular complexity index is 733. The maximum Gasteiger partial charge on any atom is 0.227 e. The summed E-state index contributed by atoms with van der Waals surface area (Å²) < 4.78 is 5.64. The fourth-order valence-electron chi connectivity index (χ4n) is 4.21. The minimum atomic E-state index is 0.249. The van der Waals surface area contributed by atoms with Gasteiger partial charge in [-0.15, -0.1) is 0 Å². The molecule has 2 aliphatic heterocycles. The van der Waals surface area contributed by atoms with Gasteiger partial charge in [0.1, 0.15) is 0 Å². The van der Waals surface area contributed by atoms with Crippen LogP contribution in [0.15, 0.2) is 30.5 Å². The molecule has 25 heavy (non-hydrogen) atoms. The molecular weight excluding hydrogens is 314 g/mol. The molecule has 0 aliphatic carbocycles. The van der Waals surface area contributed by atoms with Gasteiger partial charge in [-0.1, -0.05) is 18.2 Å². The summed E-state index contributed by atoms with van der Waals surface area (Å²) in [6.45, 7) is 6.77. The fourth-order valence-corrected chi connectivity index (χ4v) is 4.21. The van der Waals surface area contributed by atoms with Crippen molar-refractivity contribution < 1.29 is 9.53 Å². The standard InChI is InChI=1S/C20H27N3O2/c1-15-14-23(10-11-25-15)17-6-8-22(9-7-17)20(24)12-16-13-21-19-5-3-2-4-18(16)19/h2-5,13,15,17,21H,6-12,14H2,1H3/t15-/m1/s1. The maximum absolute atomic E-state index is 12.7. The Labute approximate surface area is 148 Å². The summed E-state index contributed by atoms with van der Waals surface area (Å²) in [5, 5.41) is 1.16. The third-order valence-corrected chi connectivity index (χ3v) is 5.62. The summed E-state index contributed by atoms with van der Waals surface area (Å²) in [6, 6.07) is 8.78. The number of aromatic nitrogens is 1. The second kappa shape index (κ2) is 7.18. The number of hydrogen-bond donors (Lipinski definition) is 1. The van der Waals surface area contributed by atoms with Crippen LogP contribution in [0.4, 0.5) is 0 Å². The van der Waals surface area contributed by atoms with E-state index in [1.54, 1.807) is 0 Å². The molecular formula is C20H27N3O2. The van der Waals surface area contributed by atoms with Gasteiger partial charge in [-0.2, -0.15) is 0 Å². The summed E-state index contributed by atoms with van der Waals surface area (Å²) in [5.41, 5.74) is 2.20. The highest BCUT2D eigenvalue weighted by molar-refractivity contribution is 5.88. The second-order valence-corrected chi connectivity index (χ2v) is 7.32. The SMILES string of the molecule is C[C@@H]1CN(C2CCN(C(=O)Cc3c[nH]c4ccccc34)CC2)CCO1. The Balaban J connectivity index is 1.33. The number of piperidine rings is 1. The maximum atomic E-state index is 12.7. The van der Waals surface area contributed by atoms with Crippen LogP contribution in [0, 0.1) is 0 Å². The van der Waals surface area contributed by atoms with E-state index in [1.165, 1.54) is 0 Å². The Morgan fingerprint density at radius 2 is 2.04 bits per heavy atom. The minimum absolute atomic E-state index is 0.249. The van der Waals surface area contributed by atoms with E-state index >= 15 is 0 Å². The third-order valence-electron chi connectivity index (χ3n) is 5.62. The smallest absolute Gasteiger partial charge is 0.227 e. The number of nitrogens with one attached hydrogen (secondary N) is 1. The number of hydrogen-bond acceptors (Lipinski definition) is 3. The first-order chi connectivity index (χ1) is 12.2. The van der Waals surface area contributed by atoms with Gasteiger partial charge >= 0.3 is 0 Å². The van der Waals surface area contributed by atoms with Crippen molar-refractivity contribution in [3.8, 4) is 0 Å². The number of H-pyrrole nitrogens is 1. The number of para-hydroxylation sites is 1. The number of likely N-dealkylation sites (tertiary alicyclic amines) is 1. The van der Waals surface area contributed by atoms with Gasteiger partial charge in [0.05, 0.1) is 19.1 Å². The quantitative estimate of drug-likeness (QED) is 0.933. The van der Waals surface area contributed by atoms with Crippen molar-refractivity contribution in [3.63, 3.8) is 0 Å². The molecule has 2 aliphatic rings. The van der Waals surface area contributed by atoms with E-state index in [0.717, 1.165) is 62.1 Å². The van der Waals surface area contributed by atoms with Crippen LogP contribution >= 0.6 is 0 Å². The zero-order valence-electron chi connectivity index (χ0n) is 14.9. The van der Waals surface area contributed by atoms with E-state index in [9.17, 15) is 4.79 Å². The molecule has 4 rings (SSSR count). The van der Waals surface area contributed by atoms with Gasteiger partial charge in [0.2, 0.25) is 5.91 Å². The van der Waals surface area contributed by atoms with Crippen molar-refractivity contribution in [1.82, 2.24) is 14.8 Å². The molecule has 5 heteroatoms. The molecule has 0 saturated carbocycles. The molecule has 134 valence electrons. The predicted octanol–water partition coefficient (Wildman–Crippen LogP) is 2.42. The molecule has 1 aromatic carbocycles. The van der Waals surface area contributed by atoms with Crippen LogP contribution < -0.4 is 0 Å². The first-order valence-corrected chi connectivity index (χ1v) is 9.39. The van der Waals surface area contributed by atoms with Gasteiger partial charge in [0.25, 0.3) is 0 Å². The molecule has 1 amide bonds. The van der Waals surface area contributed by atoms with Gasteiger partial charge in [-0.3, -0.25) is 9.69 Å². The molecule has 0 radical (unpaired) electrons. The Morgan fingerprint density at radius 3 is 2.84 bits per heavy atom. The Morgan fingerprint density at radius 1 is 1.24 bits per heavy atom. The van der Waals surface area contributed by atoms with Crippen LogP contribution in [0.3, 0.4) is 0 Å². The molecule has 2 aromatic rings. The van der Waals surface area contributed by atoms with Crippen LogP contribution in [0.25, 0.3) is 10.9 Å². The average molecular weight is 341 g/mol. The lowest BCUT2D eigenvalue weighted by atomic mass is 10.0. The van der Waals surface area contributed by atoms with Gasteiger partial charge < -0.3 is 14.6 Å². The predicted molar refractivity (Wildman–Crippen MR) is 98.6 cm³/mol. The fraction of sp³-hybridized carbons (Fsp3) is 0.550. The third kappa shape index (κ3) is 3.58. The second-order valence-electron chi connectivity index (χ2n) is 7.32. The number of benzene rings is 1. The van der Waals surface area contributed by atoms with Gasteiger partial charge in [0, 0.05) is 49.3 Å². The largest absolute Gasteiger partial charge is 0.376 e.